The molecule has 5 heteroatoms. The van der Waals surface area contributed by atoms with Gasteiger partial charge in [-0.25, -0.2) is 0 Å². The molecule has 4 nitrogen and oxygen atoms in total. The van der Waals surface area contributed by atoms with E-state index >= 15 is 0 Å². The molecule has 2 N–H and O–H groups in total. The monoisotopic (exact) mass is 282 g/mol. The zero-order valence-electron chi connectivity index (χ0n) is 11.3. The molecule has 0 aliphatic carbocycles. The number of hydrogen-bond donors (Lipinski definition) is 2. The number of methoxy groups -OCH3 is 1. The minimum Gasteiger partial charge on any atom is -0.495 e. The summed E-state index contributed by atoms with van der Waals surface area (Å²) in [5.74, 6) is 0.586. The van der Waals surface area contributed by atoms with Crippen molar-refractivity contribution in [1.29, 1.82) is 0 Å². The Hall–Kier alpha value is -1.26. The van der Waals surface area contributed by atoms with Crippen LogP contribution < -0.4 is 15.4 Å². The number of amides is 1. The third-order valence-corrected chi connectivity index (χ3v) is 3.76. The van der Waals surface area contributed by atoms with E-state index in [2.05, 4.69) is 10.6 Å². The van der Waals surface area contributed by atoms with Crippen LogP contribution in [-0.4, -0.2) is 25.6 Å². The fraction of sp³-hybridized carbons (Fsp3) is 0.500. The summed E-state index contributed by atoms with van der Waals surface area (Å²) in [6.45, 7) is 2.90. The maximum Gasteiger partial charge on any atom is 0.226 e. The Kier molecular flexibility index (Phi) is 4.66. The van der Waals surface area contributed by atoms with Crippen LogP contribution in [0.5, 0.6) is 5.75 Å². The molecule has 1 aromatic rings. The molecule has 104 valence electrons. The smallest absolute Gasteiger partial charge is 0.226 e. The van der Waals surface area contributed by atoms with E-state index in [-0.39, 0.29) is 5.91 Å². The summed E-state index contributed by atoms with van der Waals surface area (Å²) in [7, 11) is 1.56. The summed E-state index contributed by atoms with van der Waals surface area (Å²) < 4.78 is 5.24. The van der Waals surface area contributed by atoms with Crippen LogP contribution in [0.2, 0.25) is 5.02 Å². The first-order valence-corrected chi connectivity index (χ1v) is 6.85. The second-order valence-electron chi connectivity index (χ2n) is 4.85. The first-order chi connectivity index (χ1) is 9.10. The van der Waals surface area contributed by atoms with E-state index in [0.29, 0.717) is 28.9 Å². The van der Waals surface area contributed by atoms with Crippen molar-refractivity contribution < 1.29 is 9.53 Å². The summed E-state index contributed by atoms with van der Waals surface area (Å²) in [6.07, 6.45) is 2.69. The molecule has 1 fully saturated rings. The number of rotatable bonds is 4. The molecule has 0 aromatic heterocycles. The molecule has 1 heterocycles. The average Bonchev–Trinajstić information content (AvgIpc) is 2.86. The van der Waals surface area contributed by atoms with Gasteiger partial charge in [0.05, 0.1) is 12.8 Å². The van der Waals surface area contributed by atoms with Crippen molar-refractivity contribution in [1.82, 2.24) is 5.32 Å². The highest BCUT2D eigenvalue weighted by Gasteiger charge is 2.18. The predicted octanol–water partition coefficient (Wildman–Crippen LogP) is 2.74. The fourth-order valence-corrected chi connectivity index (χ4v) is 2.44. The van der Waals surface area contributed by atoms with Gasteiger partial charge in [-0.3, -0.25) is 4.79 Å². The lowest BCUT2D eigenvalue weighted by atomic mass is 10.1. The van der Waals surface area contributed by atoms with Crippen LogP contribution in [0, 0.1) is 6.92 Å². The van der Waals surface area contributed by atoms with Gasteiger partial charge in [0.1, 0.15) is 5.75 Å². The molecule has 1 saturated heterocycles. The van der Waals surface area contributed by atoms with E-state index in [4.69, 9.17) is 16.3 Å². The number of anilines is 1. The van der Waals surface area contributed by atoms with Gasteiger partial charge >= 0.3 is 0 Å². The second kappa shape index (κ2) is 6.26. The number of carbonyl (C=O) groups excluding carboxylic acids is 1. The van der Waals surface area contributed by atoms with Crippen molar-refractivity contribution >= 4 is 23.2 Å². The van der Waals surface area contributed by atoms with Crippen molar-refractivity contribution in [3.05, 3.63) is 22.7 Å². The van der Waals surface area contributed by atoms with Crippen molar-refractivity contribution in [3.63, 3.8) is 0 Å². The van der Waals surface area contributed by atoms with E-state index in [9.17, 15) is 4.79 Å². The third kappa shape index (κ3) is 3.61. The van der Waals surface area contributed by atoms with Crippen LogP contribution in [0.3, 0.4) is 0 Å². The van der Waals surface area contributed by atoms with E-state index in [1.165, 1.54) is 0 Å². The minimum absolute atomic E-state index is 0.000535. The standard InChI is InChI=1S/C14H19ClN2O2/c1-9-6-12(13(19-2)8-11(9)15)17-14(18)7-10-4-3-5-16-10/h6,8,10,16H,3-5,7H2,1-2H3,(H,17,18). The van der Waals surface area contributed by atoms with Crippen molar-refractivity contribution in [3.8, 4) is 5.75 Å². The minimum atomic E-state index is -0.000535. The molecule has 0 spiro atoms. The van der Waals surface area contributed by atoms with E-state index in [0.717, 1.165) is 24.9 Å². The molecule has 1 unspecified atom stereocenters. The zero-order chi connectivity index (χ0) is 13.8. The summed E-state index contributed by atoms with van der Waals surface area (Å²) in [4.78, 5) is 12.0. The molecule has 0 bridgehead atoms. The molecule has 1 aliphatic heterocycles. The topological polar surface area (TPSA) is 50.4 Å². The summed E-state index contributed by atoms with van der Waals surface area (Å²) >= 11 is 6.04. The number of nitrogens with one attached hydrogen (secondary N) is 2. The van der Waals surface area contributed by atoms with Gasteiger partial charge in [-0.15, -0.1) is 0 Å². The summed E-state index contributed by atoms with van der Waals surface area (Å²) in [5.41, 5.74) is 1.59. The van der Waals surface area contributed by atoms with Crippen molar-refractivity contribution in [2.45, 2.75) is 32.2 Å². The molecule has 1 atom stereocenters. The molecular weight excluding hydrogens is 264 g/mol. The Bertz CT molecular complexity index is 471. The van der Waals surface area contributed by atoms with Crippen LogP contribution in [0.25, 0.3) is 0 Å². The molecule has 19 heavy (non-hydrogen) atoms. The molecular formula is C14H19ClN2O2. The van der Waals surface area contributed by atoms with Crippen molar-refractivity contribution in [2.24, 2.45) is 0 Å². The second-order valence-corrected chi connectivity index (χ2v) is 5.25. The predicted molar refractivity (Wildman–Crippen MR) is 77.0 cm³/mol. The van der Waals surface area contributed by atoms with Crippen LogP contribution in [0.15, 0.2) is 12.1 Å². The maximum absolute atomic E-state index is 12.0. The first-order valence-electron chi connectivity index (χ1n) is 6.47. The summed E-state index contributed by atoms with van der Waals surface area (Å²) in [5, 5.41) is 6.83. The Morgan fingerprint density at radius 2 is 2.37 bits per heavy atom. The lowest BCUT2D eigenvalue weighted by Gasteiger charge is -2.14. The van der Waals surface area contributed by atoms with Crippen LogP contribution in [-0.2, 0) is 4.79 Å². The average molecular weight is 283 g/mol. The number of hydrogen-bond acceptors (Lipinski definition) is 3. The van der Waals surface area contributed by atoms with Crippen molar-refractivity contribution in [2.75, 3.05) is 19.0 Å². The SMILES string of the molecule is COc1cc(Cl)c(C)cc1NC(=O)CC1CCCN1. The highest BCUT2D eigenvalue weighted by atomic mass is 35.5. The Labute approximate surface area is 118 Å². The van der Waals surface area contributed by atoms with Gasteiger partial charge in [-0.1, -0.05) is 11.6 Å². The highest BCUT2D eigenvalue weighted by molar-refractivity contribution is 6.31. The first kappa shape index (κ1) is 14.2. The Morgan fingerprint density at radius 3 is 3.00 bits per heavy atom. The fourth-order valence-electron chi connectivity index (χ4n) is 2.29. The van der Waals surface area contributed by atoms with Gasteiger partial charge in [0, 0.05) is 23.6 Å². The number of halogens is 1. The van der Waals surface area contributed by atoms with Gasteiger partial charge < -0.3 is 15.4 Å². The van der Waals surface area contributed by atoms with Gasteiger partial charge in [-0.05, 0) is 37.9 Å². The van der Waals surface area contributed by atoms with E-state index < -0.39 is 0 Å². The molecule has 1 amide bonds. The lowest BCUT2D eigenvalue weighted by molar-refractivity contribution is -0.116. The van der Waals surface area contributed by atoms with Gasteiger partial charge in [0.2, 0.25) is 5.91 Å². The number of aryl methyl sites for hydroxylation is 1. The number of carbonyl (C=O) groups is 1. The van der Waals surface area contributed by atoms with Gasteiger partial charge in [0.15, 0.2) is 0 Å². The molecule has 1 aromatic carbocycles. The molecule has 2 rings (SSSR count). The van der Waals surface area contributed by atoms with E-state index in [1.807, 2.05) is 13.0 Å². The van der Waals surface area contributed by atoms with Gasteiger partial charge in [0.25, 0.3) is 0 Å². The number of benzene rings is 1. The molecule has 1 aliphatic rings. The normalized spacial score (nSPS) is 18.4. The van der Waals surface area contributed by atoms with Gasteiger partial charge in [-0.2, -0.15) is 0 Å². The molecule has 0 radical (unpaired) electrons. The third-order valence-electron chi connectivity index (χ3n) is 3.35. The summed E-state index contributed by atoms with van der Waals surface area (Å²) in [6, 6.07) is 3.85. The van der Waals surface area contributed by atoms with Crippen LogP contribution in [0.4, 0.5) is 5.69 Å². The zero-order valence-corrected chi connectivity index (χ0v) is 12.0. The lowest BCUT2D eigenvalue weighted by Crippen LogP contribution is -2.27. The maximum atomic E-state index is 12.0. The highest BCUT2D eigenvalue weighted by Crippen LogP contribution is 2.31. The largest absolute Gasteiger partial charge is 0.495 e. The van der Waals surface area contributed by atoms with Crippen LogP contribution >= 0.6 is 11.6 Å². The Morgan fingerprint density at radius 1 is 1.58 bits per heavy atom. The van der Waals surface area contributed by atoms with Crippen LogP contribution in [0.1, 0.15) is 24.8 Å². The quantitative estimate of drug-likeness (QED) is 0.893. The van der Waals surface area contributed by atoms with E-state index in [1.54, 1.807) is 13.2 Å². The Balaban J connectivity index is 2.04. The number of ether oxygens (including phenoxy) is 1. The molecule has 0 saturated carbocycles.